The van der Waals surface area contributed by atoms with Gasteiger partial charge in [-0.25, -0.2) is 0 Å². The molecule has 0 aromatic heterocycles. The highest BCUT2D eigenvalue weighted by atomic mass is 16.2. The van der Waals surface area contributed by atoms with E-state index < -0.39 is 12.1 Å². The Labute approximate surface area is 85.4 Å². The van der Waals surface area contributed by atoms with E-state index in [0.717, 1.165) is 6.29 Å². The summed E-state index contributed by atoms with van der Waals surface area (Å²) in [5.41, 5.74) is 5.13. The van der Waals surface area contributed by atoms with Crippen molar-refractivity contribution in [3.05, 3.63) is 0 Å². The summed E-state index contributed by atoms with van der Waals surface area (Å²) in [4.78, 5) is 23.9. The molecular formula is C10H20N2O2. The van der Waals surface area contributed by atoms with Crippen molar-refractivity contribution in [2.75, 3.05) is 0 Å². The molecule has 0 aliphatic carbocycles. The van der Waals surface area contributed by atoms with Crippen LogP contribution < -0.4 is 5.73 Å². The van der Waals surface area contributed by atoms with Crippen molar-refractivity contribution in [3.8, 4) is 0 Å². The summed E-state index contributed by atoms with van der Waals surface area (Å²) in [5.74, 6) is -0.197. The number of carbonyl (C=O) groups is 2. The number of rotatable bonds is 3. The van der Waals surface area contributed by atoms with E-state index in [4.69, 9.17) is 5.73 Å². The third-order valence-electron chi connectivity index (χ3n) is 1.95. The molecule has 0 spiro atoms. The number of hydrogen-bond acceptors (Lipinski definition) is 3. The fourth-order valence-corrected chi connectivity index (χ4v) is 1.42. The van der Waals surface area contributed by atoms with E-state index in [1.807, 2.05) is 20.8 Å². The van der Waals surface area contributed by atoms with Crippen LogP contribution in [-0.2, 0) is 9.59 Å². The number of nitrogens with zero attached hydrogens (tertiary/aromatic N) is 1. The summed E-state index contributed by atoms with van der Waals surface area (Å²) < 4.78 is 0. The largest absolute Gasteiger partial charge is 0.327 e. The van der Waals surface area contributed by atoms with Gasteiger partial charge in [-0.15, -0.1) is 0 Å². The minimum atomic E-state index is -0.573. The zero-order valence-corrected chi connectivity index (χ0v) is 9.57. The van der Waals surface area contributed by atoms with Gasteiger partial charge < -0.3 is 15.4 Å². The van der Waals surface area contributed by atoms with E-state index in [1.54, 1.807) is 13.8 Å². The van der Waals surface area contributed by atoms with Gasteiger partial charge in [-0.2, -0.15) is 0 Å². The molecule has 0 bridgehead atoms. The molecule has 1 amide bonds. The molecule has 2 atom stereocenters. The van der Waals surface area contributed by atoms with E-state index >= 15 is 0 Å². The first-order chi connectivity index (χ1) is 6.21. The molecule has 82 valence electrons. The van der Waals surface area contributed by atoms with Crippen LogP contribution in [0.25, 0.3) is 0 Å². The lowest BCUT2D eigenvalue weighted by atomic mass is 10.0. The third-order valence-corrected chi connectivity index (χ3v) is 1.95. The minimum Gasteiger partial charge on any atom is -0.327 e. The normalized spacial score (nSPS) is 15.9. The first-order valence-corrected chi connectivity index (χ1v) is 4.76. The molecule has 14 heavy (non-hydrogen) atoms. The Morgan fingerprint density at radius 2 is 1.79 bits per heavy atom. The van der Waals surface area contributed by atoms with Crippen molar-refractivity contribution in [3.63, 3.8) is 0 Å². The monoisotopic (exact) mass is 200 g/mol. The summed E-state index contributed by atoms with van der Waals surface area (Å²) >= 11 is 0. The zero-order valence-electron chi connectivity index (χ0n) is 9.57. The number of amides is 1. The van der Waals surface area contributed by atoms with Gasteiger partial charge in [0.1, 0.15) is 6.29 Å². The number of hydrogen-bond donors (Lipinski definition) is 1. The predicted octanol–water partition coefficient (Wildman–Crippen LogP) is 0.548. The van der Waals surface area contributed by atoms with Gasteiger partial charge in [-0.05, 0) is 34.6 Å². The van der Waals surface area contributed by atoms with Gasteiger partial charge in [0.25, 0.3) is 0 Å². The Bertz CT molecular complexity index is 219. The van der Waals surface area contributed by atoms with Gasteiger partial charge in [-0.3, -0.25) is 4.79 Å². The summed E-state index contributed by atoms with van der Waals surface area (Å²) in [5, 5.41) is 0. The van der Waals surface area contributed by atoms with Crippen LogP contribution in [0, 0.1) is 0 Å². The standard InChI is InChI=1S/C10H20N2O2/c1-7(6-13)12(10(3,4)5)9(14)8(2)11/h6-8H,11H2,1-5H3/t7-,8-/m0/s1. The van der Waals surface area contributed by atoms with E-state index in [1.165, 1.54) is 4.90 Å². The molecule has 0 fully saturated rings. The summed E-state index contributed by atoms with van der Waals surface area (Å²) in [6.07, 6.45) is 0.755. The highest BCUT2D eigenvalue weighted by Crippen LogP contribution is 2.17. The molecule has 0 aliphatic heterocycles. The average Bonchev–Trinajstić information content (AvgIpc) is 2.01. The maximum atomic E-state index is 11.7. The Morgan fingerprint density at radius 1 is 1.36 bits per heavy atom. The molecule has 4 nitrogen and oxygen atoms in total. The number of aldehydes is 1. The fraction of sp³-hybridized carbons (Fsp3) is 0.800. The topological polar surface area (TPSA) is 63.4 Å². The van der Waals surface area contributed by atoms with Crippen molar-refractivity contribution in [2.24, 2.45) is 5.73 Å². The van der Waals surface area contributed by atoms with E-state index in [2.05, 4.69) is 0 Å². The van der Waals surface area contributed by atoms with Crippen molar-refractivity contribution in [1.82, 2.24) is 4.90 Å². The SMILES string of the molecule is C[C@H](N)C(=O)N([C@@H](C)C=O)C(C)(C)C. The molecule has 0 unspecified atom stereocenters. The molecule has 0 saturated carbocycles. The Balaban J connectivity index is 4.92. The van der Waals surface area contributed by atoms with Crippen LogP contribution in [-0.4, -0.2) is 34.7 Å². The molecule has 0 saturated heterocycles. The van der Waals surface area contributed by atoms with Crippen LogP contribution in [0.3, 0.4) is 0 Å². The molecule has 4 heteroatoms. The molecular weight excluding hydrogens is 180 g/mol. The molecule has 0 radical (unpaired) electrons. The van der Waals surface area contributed by atoms with E-state index in [9.17, 15) is 9.59 Å². The average molecular weight is 200 g/mol. The van der Waals surface area contributed by atoms with Gasteiger partial charge in [0.15, 0.2) is 0 Å². The van der Waals surface area contributed by atoms with Crippen molar-refractivity contribution in [1.29, 1.82) is 0 Å². The van der Waals surface area contributed by atoms with Crippen molar-refractivity contribution < 1.29 is 9.59 Å². The lowest BCUT2D eigenvalue weighted by Crippen LogP contribution is -2.55. The summed E-state index contributed by atoms with van der Waals surface area (Å²) in [7, 11) is 0. The van der Waals surface area contributed by atoms with Crippen LogP contribution in [0.1, 0.15) is 34.6 Å². The number of carbonyl (C=O) groups excluding carboxylic acids is 2. The molecule has 0 rings (SSSR count). The number of nitrogens with two attached hydrogens (primary N) is 1. The van der Waals surface area contributed by atoms with Crippen LogP contribution >= 0.6 is 0 Å². The van der Waals surface area contributed by atoms with Gasteiger partial charge in [0, 0.05) is 5.54 Å². The van der Waals surface area contributed by atoms with Crippen LogP contribution in [0.15, 0.2) is 0 Å². The second kappa shape index (κ2) is 4.55. The Kier molecular flexibility index (Phi) is 4.26. The summed E-state index contributed by atoms with van der Waals surface area (Å²) in [6.45, 7) is 8.96. The highest BCUT2D eigenvalue weighted by Gasteiger charge is 2.31. The third kappa shape index (κ3) is 3.10. The maximum absolute atomic E-state index is 11.7. The zero-order chi connectivity index (χ0) is 11.5. The van der Waals surface area contributed by atoms with Crippen molar-refractivity contribution >= 4 is 12.2 Å². The van der Waals surface area contributed by atoms with E-state index in [0.29, 0.717) is 0 Å². The Morgan fingerprint density at radius 3 is 2.00 bits per heavy atom. The predicted molar refractivity (Wildman–Crippen MR) is 55.8 cm³/mol. The fourth-order valence-electron chi connectivity index (χ4n) is 1.42. The van der Waals surface area contributed by atoms with E-state index in [-0.39, 0.29) is 11.4 Å². The molecule has 0 aliphatic rings. The maximum Gasteiger partial charge on any atom is 0.240 e. The molecule has 2 N–H and O–H groups in total. The second-order valence-corrected chi connectivity index (χ2v) is 4.54. The van der Waals surface area contributed by atoms with Gasteiger partial charge in [0.05, 0.1) is 12.1 Å². The lowest BCUT2D eigenvalue weighted by molar-refractivity contribution is -0.142. The quantitative estimate of drug-likeness (QED) is 0.677. The van der Waals surface area contributed by atoms with Gasteiger partial charge in [0.2, 0.25) is 5.91 Å². The first kappa shape index (κ1) is 13.1. The summed E-state index contributed by atoms with van der Waals surface area (Å²) in [6, 6.07) is -1.01. The smallest absolute Gasteiger partial charge is 0.240 e. The Hall–Kier alpha value is -0.900. The van der Waals surface area contributed by atoms with Gasteiger partial charge in [-0.1, -0.05) is 0 Å². The van der Waals surface area contributed by atoms with Crippen LogP contribution in [0.4, 0.5) is 0 Å². The minimum absolute atomic E-state index is 0.197. The lowest BCUT2D eigenvalue weighted by Gasteiger charge is -2.39. The van der Waals surface area contributed by atoms with Crippen molar-refractivity contribution in [2.45, 2.75) is 52.2 Å². The second-order valence-electron chi connectivity index (χ2n) is 4.54. The highest BCUT2D eigenvalue weighted by molar-refractivity contribution is 5.84. The van der Waals surface area contributed by atoms with Gasteiger partial charge >= 0.3 is 0 Å². The molecule has 0 aromatic carbocycles. The first-order valence-electron chi connectivity index (χ1n) is 4.76. The van der Waals surface area contributed by atoms with Crippen LogP contribution in [0.2, 0.25) is 0 Å². The molecule has 0 heterocycles. The molecule has 0 aromatic rings. The van der Waals surface area contributed by atoms with Crippen LogP contribution in [0.5, 0.6) is 0 Å².